The van der Waals surface area contributed by atoms with Gasteiger partial charge in [0, 0.05) is 6.20 Å². The molecule has 2 heterocycles. The van der Waals surface area contributed by atoms with Crippen molar-refractivity contribution < 1.29 is 27.5 Å². The molecule has 1 aliphatic carbocycles. The number of hydrogen-bond acceptors (Lipinski definition) is 6. The predicted molar refractivity (Wildman–Crippen MR) is 111 cm³/mol. The molecule has 1 amide bonds. The molecule has 0 unspecified atom stereocenters. The van der Waals surface area contributed by atoms with E-state index in [0.717, 1.165) is 24.8 Å². The van der Waals surface area contributed by atoms with Gasteiger partial charge in [-0.05, 0) is 43.4 Å². The Morgan fingerprint density at radius 1 is 1.31 bits per heavy atom. The fourth-order valence-corrected chi connectivity index (χ4v) is 3.41. The molecule has 0 atom stereocenters. The first-order valence-corrected chi connectivity index (χ1v) is 10.3. The van der Waals surface area contributed by atoms with E-state index in [1.54, 1.807) is 19.1 Å². The Hall–Kier alpha value is -3.49. The zero-order valence-corrected chi connectivity index (χ0v) is 17.8. The number of aryl methyl sites for hydroxylation is 1. The lowest BCUT2D eigenvalue weighted by molar-refractivity contribution is 0.0944. The van der Waals surface area contributed by atoms with E-state index < -0.39 is 11.6 Å². The summed E-state index contributed by atoms with van der Waals surface area (Å²) in [6.07, 6.45) is 6.01. The lowest BCUT2D eigenvalue weighted by atomic mass is 9.86. The number of carbonyl (C=O) groups excluding carboxylic acids is 1. The number of aromatic nitrogens is 2. The highest BCUT2D eigenvalue weighted by molar-refractivity contribution is 5.93. The minimum absolute atomic E-state index is 0.0208. The quantitative estimate of drug-likeness (QED) is 0.554. The van der Waals surface area contributed by atoms with Gasteiger partial charge in [-0.25, -0.2) is 4.98 Å². The number of oxazole rings is 1. The molecule has 3 aromatic rings. The highest BCUT2D eigenvalue weighted by atomic mass is 19.2. The zero-order valence-electron chi connectivity index (χ0n) is 17.8. The van der Waals surface area contributed by atoms with Crippen LogP contribution in [0.3, 0.4) is 0 Å². The number of hydrogen-bond donors (Lipinski definition) is 1. The Morgan fingerprint density at radius 3 is 2.81 bits per heavy atom. The number of halogens is 2. The van der Waals surface area contributed by atoms with E-state index in [4.69, 9.17) is 13.9 Å². The molecule has 1 fully saturated rings. The van der Waals surface area contributed by atoms with Crippen molar-refractivity contribution in [2.24, 2.45) is 5.92 Å². The van der Waals surface area contributed by atoms with Crippen LogP contribution in [0.5, 0.6) is 11.5 Å². The van der Waals surface area contributed by atoms with Crippen LogP contribution in [0, 0.1) is 24.5 Å². The van der Waals surface area contributed by atoms with Crippen molar-refractivity contribution in [3.8, 4) is 23.0 Å². The fourth-order valence-electron chi connectivity index (χ4n) is 3.41. The van der Waals surface area contributed by atoms with E-state index in [-0.39, 0.29) is 35.4 Å². The molecule has 32 heavy (non-hydrogen) atoms. The van der Waals surface area contributed by atoms with Gasteiger partial charge in [0.1, 0.15) is 12.0 Å². The molecule has 1 N–H and O–H groups in total. The van der Waals surface area contributed by atoms with Crippen molar-refractivity contribution in [1.29, 1.82) is 0 Å². The summed E-state index contributed by atoms with van der Waals surface area (Å²) in [5.74, 6) is -2.83. The first kappa shape index (κ1) is 21.7. The van der Waals surface area contributed by atoms with Gasteiger partial charge in [-0.3, -0.25) is 9.78 Å². The second-order valence-corrected chi connectivity index (χ2v) is 7.69. The summed E-state index contributed by atoms with van der Waals surface area (Å²) in [5.41, 5.74) is 1.57. The average Bonchev–Trinajstić information content (AvgIpc) is 3.23. The molecule has 1 aliphatic rings. The number of benzene rings is 1. The summed E-state index contributed by atoms with van der Waals surface area (Å²) >= 11 is 0. The number of nitrogens with zero attached hydrogens (tertiary/aromatic N) is 2. The second-order valence-electron chi connectivity index (χ2n) is 7.69. The minimum Gasteiger partial charge on any atom is -0.493 e. The van der Waals surface area contributed by atoms with E-state index in [1.807, 2.05) is 0 Å². The maximum absolute atomic E-state index is 14.6. The van der Waals surface area contributed by atoms with E-state index in [0.29, 0.717) is 23.9 Å². The SMILES string of the molecule is COc1c(-c2nc(CNC(=O)c3ncccc3C)co2)cc(OCC2CCC2)c(F)c1F. The van der Waals surface area contributed by atoms with Crippen LogP contribution in [0.25, 0.3) is 11.5 Å². The number of amides is 1. The summed E-state index contributed by atoms with van der Waals surface area (Å²) in [7, 11) is 1.23. The third-order valence-corrected chi connectivity index (χ3v) is 5.47. The Morgan fingerprint density at radius 2 is 2.12 bits per heavy atom. The molecule has 0 aliphatic heterocycles. The van der Waals surface area contributed by atoms with Crippen molar-refractivity contribution in [2.75, 3.05) is 13.7 Å². The summed E-state index contributed by atoms with van der Waals surface area (Å²) < 4.78 is 45.1. The molecule has 9 heteroatoms. The van der Waals surface area contributed by atoms with Crippen molar-refractivity contribution in [2.45, 2.75) is 32.7 Å². The number of rotatable bonds is 8. The minimum atomic E-state index is -1.17. The molecule has 7 nitrogen and oxygen atoms in total. The Labute approximate surface area is 183 Å². The second kappa shape index (κ2) is 9.33. The van der Waals surface area contributed by atoms with Crippen LogP contribution in [0.2, 0.25) is 0 Å². The van der Waals surface area contributed by atoms with Crippen molar-refractivity contribution >= 4 is 5.91 Å². The number of pyridine rings is 1. The van der Waals surface area contributed by atoms with Gasteiger partial charge in [-0.1, -0.05) is 12.5 Å². The van der Waals surface area contributed by atoms with Crippen LogP contribution in [0.4, 0.5) is 8.78 Å². The molecular weight excluding hydrogens is 420 g/mol. The maximum Gasteiger partial charge on any atom is 0.270 e. The smallest absolute Gasteiger partial charge is 0.270 e. The Balaban J connectivity index is 1.52. The standard InChI is InChI=1S/C23H23F2N3O4/c1-13-5-4-8-26-20(13)22(29)27-10-15-12-32-23(28-15)16-9-17(31-11-14-6-3-7-14)18(24)19(25)21(16)30-2/h4-5,8-9,12,14H,3,6-7,10-11H2,1-2H3,(H,27,29). The van der Waals surface area contributed by atoms with Gasteiger partial charge < -0.3 is 19.2 Å². The third-order valence-electron chi connectivity index (χ3n) is 5.47. The fraction of sp³-hybridized carbons (Fsp3) is 0.348. The molecule has 1 saturated carbocycles. The molecule has 168 valence electrons. The van der Waals surface area contributed by atoms with Crippen LogP contribution in [-0.4, -0.2) is 29.6 Å². The molecule has 0 radical (unpaired) electrons. The van der Waals surface area contributed by atoms with Gasteiger partial charge in [0.05, 0.1) is 31.5 Å². The van der Waals surface area contributed by atoms with E-state index in [2.05, 4.69) is 15.3 Å². The molecule has 0 spiro atoms. The first-order chi connectivity index (χ1) is 15.5. The summed E-state index contributed by atoms with van der Waals surface area (Å²) in [6.45, 7) is 2.17. The van der Waals surface area contributed by atoms with Gasteiger partial charge in [0.2, 0.25) is 17.5 Å². The average molecular weight is 443 g/mol. The normalized spacial score (nSPS) is 13.5. The van der Waals surface area contributed by atoms with Gasteiger partial charge in [0.15, 0.2) is 11.5 Å². The van der Waals surface area contributed by atoms with Crippen LogP contribution in [0.15, 0.2) is 35.1 Å². The largest absolute Gasteiger partial charge is 0.493 e. The topological polar surface area (TPSA) is 86.5 Å². The van der Waals surface area contributed by atoms with Crippen molar-refractivity contribution in [3.05, 3.63) is 59.2 Å². The molecular formula is C23H23F2N3O4. The first-order valence-electron chi connectivity index (χ1n) is 10.3. The van der Waals surface area contributed by atoms with Crippen LogP contribution in [0.1, 0.15) is 41.0 Å². The summed E-state index contributed by atoms with van der Waals surface area (Å²) in [4.78, 5) is 20.7. The predicted octanol–water partition coefficient (Wildman–Crippen LogP) is 4.44. The Bertz CT molecular complexity index is 1130. The van der Waals surface area contributed by atoms with Gasteiger partial charge in [0.25, 0.3) is 5.91 Å². The molecule has 2 aromatic heterocycles. The van der Waals surface area contributed by atoms with E-state index in [9.17, 15) is 13.6 Å². The highest BCUT2D eigenvalue weighted by Crippen LogP contribution is 2.39. The van der Waals surface area contributed by atoms with Crippen molar-refractivity contribution in [3.63, 3.8) is 0 Å². The molecule has 0 bridgehead atoms. The van der Waals surface area contributed by atoms with E-state index in [1.165, 1.54) is 25.6 Å². The number of nitrogens with one attached hydrogen (secondary N) is 1. The molecule has 1 aromatic carbocycles. The van der Waals surface area contributed by atoms with Crippen LogP contribution in [-0.2, 0) is 6.54 Å². The molecule has 4 rings (SSSR count). The lowest BCUT2D eigenvalue weighted by Gasteiger charge is -2.25. The Kier molecular flexibility index (Phi) is 6.34. The molecule has 0 saturated heterocycles. The van der Waals surface area contributed by atoms with Crippen molar-refractivity contribution in [1.82, 2.24) is 15.3 Å². The number of carbonyl (C=O) groups is 1. The third kappa shape index (κ3) is 4.42. The van der Waals surface area contributed by atoms with Crippen LogP contribution >= 0.6 is 0 Å². The summed E-state index contributed by atoms with van der Waals surface area (Å²) in [6, 6.07) is 4.85. The van der Waals surface area contributed by atoms with E-state index >= 15 is 0 Å². The summed E-state index contributed by atoms with van der Waals surface area (Å²) in [5, 5.41) is 2.71. The number of methoxy groups -OCH3 is 1. The number of ether oxygens (including phenoxy) is 2. The van der Waals surface area contributed by atoms with Gasteiger partial charge in [-0.15, -0.1) is 0 Å². The monoisotopic (exact) mass is 443 g/mol. The van der Waals surface area contributed by atoms with Gasteiger partial charge in [-0.2, -0.15) is 8.78 Å². The zero-order chi connectivity index (χ0) is 22.7. The highest BCUT2D eigenvalue weighted by Gasteiger charge is 2.26. The van der Waals surface area contributed by atoms with Crippen LogP contribution < -0.4 is 14.8 Å². The lowest BCUT2D eigenvalue weighted by Crippen LogP contribution is -2.24. The maximum atomic E-state index is 14.6. The van der Waals surface area contributed by atoms with Gasteiger partial charge >= 0.3 is 0 Å².